The van der Waals surface area contributed by atoms with Gasteiger partial charge in [-0.1, -0.05) is 17.7 Å². The first kappa shape index (κ1) is 20.3. The Kier molecular flexibility index (Phi) is 4.53. The van der Waals surface area contributed by atoms with Crippen LogP contribution in [-0.4, -0.2) is 42.1 Å². The van der Waals surface area contributed by atoms with Gasteiger partial charge in [-0.15, -0.1) is 0 Å². The first-order valence-electron chi connectivity index (χ1n) is 9.35. The second-order valence-corrected chi connectivity index (χ2v) is 8.79. The molecule has 3 aliphatic carbocycles. The van der Waals surface area contributed by atoms with Gasteiger partial charge in [0.1, 0.15) is 11.9 Å². The van der Waals surface area contributed by atoms with Crippen LogP contribution >= 0.6 is 11.6 Å². The lowest BCUT2D eigenvalue weighted by Gasteiger charge is -2.73. The highest BCUT2D eigenvalue weighted by atomic mass is 35.5. The average Bonchev–Trinajstić information content (AvgIpc) is 2.55. The van der Waals surface area contributed by atoms with Gasteiger partial charge in [0.25, 0.3) is 0 Å². The Morgan fingerprint density at radius 1 is 1.34 bits per heavy atom. The van der Waals surface area contributed by atoms with E-state index in [1.807, 2.05) is 0 Å². The van der Waals surface area contributed by atoms with Crippen LogP contribution < -0.4 is 10.6 Å². The Balaban J connectivity index is 1.59. The van der Waals surface area contributed by atoms with Crippen molar-refractivity contribution in [2.75, 3.05) is 13.1 Å². The maximum Gasteiger partial charge on any atom is 0.394 e. The highest BCUT2D eigenvalue weighted by Gasteiger charge is 2.80. The normalized spacial score (nSPS) is 32.0. The first-order valence-corrected chi connectivity index (χ1v) is 9.72. The fourth-order valence-corrected chi connectivity index (χ4v) is 5.21. The molecule has 2 bridgehead atoms. The lowest BCUT2D eigenvalue weighted by Crippen LogP contribution is -2.72. The molecule has 0 aromatic heterocycles. The van der Waals surface area contributed by atoms with E-state index < -0.39 is 40.9 Å². The maximum absolute atomic E-state index is 13.6. The van der Waals surface area contributed by atoms with Gasteiger partial charge in [-0.2, -0.15) is 13.2 Å². The molecule has 4 aliphatic rings. The van der Waals surface area contributed by atoms with E-state index >= 15 is 0 Å². The lowest BCUT2D eigenvalue weighted by molar-refractivity contribution is -0.370. The number of nitrogens with one attached hydrogen (secondary N) is 2. The topological polar surface area (TPSA) is 61.4 Å². The third-order valence-electron chi connectivity index (χ3n) is 6.59. The number of hydrogen-bond acceptors (Lipinski definition) is 2. The summed E-state index contributed by atoms with van der Waals surface area (Å²) in [5.41, 5.74) is -2.00. The van der Waals surface area contributed by atoms with E-state index in [1.54, 1.807) is 6.92 Å². The Morgan fingerprint density at radius 2 is 2.00 bits per heavy atom. The second kappa shape index (κ2) is 6.48. The minimum absolute atomic E-state index is 0.0977. The van der Waals surface area contributed by atoms with Crippen molar-refractivity contribution in [2.24, 2.45) is 10.8 Å². The van der Waals surface area contributed by atoms with E-state index in [0.29, 0.717) is 12.1 Å². The maximum atomic E-state index is 13.6. The number of halogens is 5. The van der Waals surface area contributed by atoms with E-state index in [4.69, 9.17) is 11.6 Å². The first-order chi connectivity index (χ1) is 13.5. The van der Waals surface area contributed by atoms with Gasteiger partial charge in [-0.3, -0.25) is 4.79 Å². The molecule has 1 saturated heterocycles. The molecular weight excluding hydrogens is 414 g/mol. The quantitative estimate of drug-likeness (QED) is 0.713. The summed E-state index contributed by atoms with van der Waals surface area (Å²) in [7, 11) is 0. The molecule has 1 heterocycles. The molecule has 2 atom stereocenters. The minimum Gasteiger partial charge on any atom is -0.353 e. The predicted octanol–water partition coefficient (Wildman–Crippen LogP) is 3.78. The number of rotatable bonds is 3. The number of benzene rings is 1. The number of piperazine rings is 1. The Labute approximate surface area is 169 Å². The van der Waals surface area contributed by atoms with Crippen LogP contribution in [0.2, 0.25) is 5.02 Å². The SMILES string of the molecule is C[C@@H]1C(=O)NCCN1C(=O)NC(c1ccc(F)c(Cl)c1)C12CC(C(F)(F)F)(C1)C2. The van der Waals surface area contributed by atoms with Gasteiger partial charge in [-0.05, 0) is 49.3 Å². The van der Waals surface area contributed by atoms with Gasteiger partial charge in [0, 0.05) is 13.1 Å². The van der Waals surface area contributed by atoms with Crippen LogP contribution in [0.25, 0.3) is 0 Å². The van der Waals surface area contributed by atoms with Gasteiger partial charge >= 0.3 is 12.2 Å². The average molecular weight is 434 g/mol. The molecule has 0 spiro atoms. The van der Waals surface area contributed by atoms with Crippen molar-refractivity contribution in [3.05, 3.63) is 34.6 Å². The molecular formula is C19H20ClF4N3O2. The molecule has 29 heavy (non-hydrogen) atoms. The van der Waals surface area contributed by atoms with Crippen molar-refractivity contribution in [3.8, 4) is 0 Å². The molecule has 3 amide bonds. The molecule has 1 aliphatic heterocycles. The van der Waals surface area contributed by atoms with E-state index in [1.165, 1.54) is 17.0 Å². The summed E-state index contributed by atoms with van der Waals surface area (Å²) < 4.78 is 53.5. The zero-order valence-corrected chi connectivity index (χ0v) is 16.3. The zero-order chi connectivity index (χ0) is 21.2. The summed E-state index contributed by atoms with van der Waals surface area (Å²) in [6.45, 7) is 2.17. The molecule has 10 heteroatoms. The standard InChI is InChI=1S/C19H20ClF4N3O2/c1-10-15(28)25-4-5-27(10)16(29)26-14(11-2-3-13(21)12(20)6-11)17-7-18(8-17,9-17)19(22,23)24/h2-3,6,10,14H,4-5,7-9H2,1H3,(H,25,28)(H,26,29)/t10-,14?,17?,18?/m1/s1. The third kappa shape index (κ3) is 3.05. The zero-order valence-electron chi connectivity index (χ0n) is 15.6. The summed E-state index contributed by atoms with van der Waals surface area (Å²) in [6, 6.07) is 1.92. The summed E-state index contributed by atoms with van der Waals surface area (Å²) in [6.07, 6.45) is -4.58. The van der Waals surface area contributed by atoms with Crippen LogP contribution in [0.3, 0.4) is 0 Å². The predicted molar refractivity (Wildman–Crippen MR) is 96.6 cm³/mol. The second-order valence-electron chi connectivity index (χ2n) is 8.39. The largest absolute Gasteiger partial charge is 0.394 e. The van der Waals surface area contributed by atoms with Crippen molar-refractivity contribution in [3.63, 3.8) is 0 Å². The van der Waals surface area contributed by atoms with Crippen LogP contribution in [-0.2, 0) is 4.79 Å². The highest BCUT2D eigenvalue weighted by molar-refractivity contribution is 6.30. The molecule has 0 radical (unpaired) electrons. The lowest BCUT2D eigenvalue weighted by atomic mass is 9.32. The number of hydrogen-bond donors (Lipinski definition) is 2. The number of amides is 3. The number of carbonyl (C=O) groups is 2. The van der Waals surface area contributed by atoms with Gasteiger partial charge in [0.05, 0.1) is 16.5 Å². The van der Waals surface area contributed by atoms with E-state index in [-0.39, 0.29) is 36.7 Å². The number of alkyl halides is 3. The van der Waals surface area contributed by atoms with Crippen LogP contribution in [0.1, 0.15) is 37.8 Å². The summed E-state index contributed by atoms with van der Waals surface area (Å²) >= 11 is 5.88. The smallest absolute Gasteiger partial charge is 0.353 e. The van der Waals surface area contributed by atoms with Gasteiger partial charge in [0.15, 0.2) is 0 Å². The van der Waals surface area contributed by atoms with Crippen molar-refractivity contribution in [1.82, 2.24) is 15.5 Å². The summed E-state index contributed by atoms with van der Waals surface area (Å²) in [4.78, 5) is 26.1. The van der Waals surface area contributed by atoms with E-state index in [9.17, 15) is 27.2 Å². The fraction of sp³-hybridized carbons (Fsp3) is 0.579. The molecule has 4 fully saturated rings. The van der Waals surface area contributed by atoms with E-state index in [0.717, 1.165) is 6.07 Å². The molecule has 158 valence electrons. The molecule has 3 saturated carbocycles. The van der Waals surface area contributed by atoms with Crippen LogP contribution in [0.5, 0.6) is 0 Å². The van der Waals surface area contributed by atoms with Crippen molar-refractivity contribution < 1.29 is 27.2 Å². The Bertz CT molecular complexity index is 856. The van der Waals surface area contributed by atoms with Crippen LogP contribution in [0, 0.1) is 16.6 Å². The highest BCUT2D eigenvalue weighted by Crippen LogP contribution is 2.81. The molecule has 5 rings (SSSR count). The molecule has 1 aromatic rings. The van der Waals surface area contributed by atoms with Crippen molar-refractivity contribution in [1.29, 1.82) is 0 Å². The van der Waals surface area contributed by atoms with Gasteiger partial charge in [-0.25, -0.2) is 9.18 Å². The molecule has 1 aromatic carbocycles. The molecule has 5 nitrogen and oxygen atoms in total. The number of nitrogens with zero attached hydrogens (tertiary/aromatic N) is 1. The van der Waals surface area contributed by atoms with Crippen molar-refractivity contribution >= 4 is 23.5 Å². The Hall–Kier alpha value is -2.03. The minimum atomic E-state index is -4.29. The van der Waals surface area contributed by atoms with E-state index in [2.05, 4.69) is 10.6 Å². The van der Waals surface area contributed by atoms with Crippen molar-refractivity contribution in [2.45, 2.75) is 44.4 Å². The molecule has 2 N–H and O–H groups in total. The van der Waals surface area contributed by atoms with Gasteiger partial charge < -0.3 is 15.5 Å². The summed E-state index contributed by atoms with van der Waals surface area (Å²) in [5, 5.41) is 5.30. The Morgan fingerprint density at radius 3 is 2.59 bits per heavy atom. The monoisotopic (exact) mass is 433 g/mol. The fourth-order valence-electron chi connectivity index (χ4n) is 5.02. The van der Waals surface area contributed by atoms with Crippen LogP contribution in [0.15, 0.2) is 18.2 Å². The summed E-state index contributed by atoms with van der Waals surface area (Å²) in [5.74, 6) is -0.944. The number of urea groups is 1. The number of carbonyl (C=O) groups excluding carboxylic acids is 2. The molecule has 1 unspecified atom stereocenters. The third-order valence-corrected chi connectivity index (χ3v) is 6.88. The van der Waals surface area contributed by atoms with Gasteiger partial charge in [0.2, 0.25) is 5.91 Å². The van der Waals surface area contributed by atoms with Crippen LogP contribution in [0.4, 0.5) is 22.4 Å².